The first kappa shape index (κ1) is 13.8. The normalized spacial score (nSPS) is 28.6. The van der Waals surface area contributed by atoms with Gasteiger partial charge in [0, 0.05) is 19.1 Å². The van der Waals surface area contributed by atoms with Gasteiger partial charge in [-0.3, -0.25) is 9.69 Å². The highest BCUT2D eigenvalue weighted by Gasteiger charge is 2.37. The zero-order valence-corrected chi connectivity index (χ0v) is 11.4. The molecule has 2 heterocycles. The zero-order chi connectivity index (χ0) is 13.3. The van der Waals surface area contributed by atoms with Crippen LogP contribution in [0.2, 0.25) is 0 Å². The van der Waals surface area contributed by atoms with Gasteiger partial charge in [0.25, 0.3) is 0 Å². The topological polar surface area (TPSA) is 77.9 Å². The van der Waals surface area contributed by atoms with Crippen molar-refractivity contribution in [3.8, 4) is 0 Å². The minimum Gasteiger partial charge on any atom is -0.480 e. The summed E-state index contributed by atoms with van der Waals surface area (Å²) >= 11 is 0. The molecule has 0 spiro atoms. The van der Waals surface area contributed by atoms with E-state index in [0.29, 0.717) is 19.5 Å². The summed E-state index contributed by atoms with van der Waals surface area (Å²) in [7, 11) is -3.10. The summed E-state index contributed by atoms with van der Waals surface area (Å²) in [4.78, 5) is 13.2. The number of hydrogen-bond acceptors (Lipinski definition) is 4. The molecular formula is C11H20N2O4S. The van der Waals surface area contributed by atoms with Crippen LogP contribution in [0.4, 0.5) is 0 Å². The second-order valence-electron chi connectivity index (χ2n) is 5.13. The maximum Gasteiger partial charge on any atom is 0.320 e. The number of carbonyl (C=O) groups is 1. The van der Waals surface area contributed by atoms with Crippen LogP contribution in [0.15, 0.2) is 0 Å². The molecule has 2 rings (SSSR count). The Kier molecular flexibility index (Phi) is 3.93. The Labute approximate surface area is 108 Å². The predicted octanol–water partition coefficient (Wildman–Crippen LogP) is -0.0406. The van der Waals surface area contributed by atoms with E-state index in [1.54, 1.807) is 0 Å². The quantitative estimate of drug-likeness (QED) is 0.782. The molecule has 0 bridgehead atoms. The van der Waals surface area contributed by atoms with Crippen molar-refractivity contribution >= 4 is 16.0 Å². The lowest BCUT2D eigenvalue weighted by molar-refractivity contribution is -0.143. The van der Waals surface area contributed by atoms with Crippen LogP contribution in [0.3, 0.4) is 0 Å². The van der Waals surface area contributed by atoms with Crippen molar-refractivity contribution in [1.29, 1.82) is 0 Å². The van der Waals surface area contributed by atoms with Gasteiger partial charge in [-0.2, -0.15) is 0 Å². The summed E-state index contributed by atoms with van der Waals surface area (Å²) < 4.78 is 24.3. The lowest BCUT2D eigenvalue weighted by Crippen LogP contribution is -2.49. The minimum absolute atomic E-state index is 0.214. The molecule has 7 heteroatoms. The average molecular weight is 276 g/mol. The molecule has 1 N–H and O–H groups in total. The molecule has 2 fully saturated rings. The molecule has 18 heavy (non-hydrogen) atoms. The largest absolute Gasteiger partial charge is 0.480 e. The minimum atomic E-state index is -3.10. The molecule has 104 valence electrons. The van der Waals surface area contributed by atoms with E-state index in [2.05, 4.69) is 0 Å². The molecule has 0 saturated carbocycles. The van der Waals surface area contributed by atoms with Crippen LogP contribution >= 0.6 is 0 Å². The van der Waals surface area contributed by atoms with E-state index in [9.17, 15) is 13.2 Å². The number of sulfonamides is 1. The molecular weight excluding hydrogens is 256 g/mol. The summed E-state index contributed by atoms with van der Waals surface area (Å²) in [5.74, 6) is -0.752. The monoisotopic (exact) mass is 276 g/mol. The first-order valence-electron chi connectivity index (χ1n) is 6.33. The third-order valence-electron chi connectivity index (χ3n) is 3.94. The first-order chi connectivity index (χ1) is 8.39. The molecule has 1 unspecified atom stereocenters. The number of piperidine rings is 1. The van der Waals surface area contributed by atoms with Crippen LogP contribution in [0, 0.1) is 0 Å². The number of aliphatic carboxylic acids is 1. The van der Waals surface area contributed by atoms with Crippen molar-refractivity contribution < 1.29 is 18.3 Å². The second-order valence-corrected chi connectivity index (χ2v) is 7.11. The molecule has 0 aromatic heterocycles. The molecule has 0 aliphatic carbocycles. The Bertz CT molecular complexity index is 415. The molecule has 6 nitrogen and oxygen atoms in total. The Hall–Kier alpha value is -0.660. The summed E-state index contributed by atoms with van der Waals surface area (Å²) in [5.41, 5.74) is 0. The van der Waals surface area contributed by atoms with E-state index >= 15 is 0 Å². The fraction of sp³-hybridized carbons (Fsp3) is 0.909. The van der Waals surface area contributed by atoms with E-state index in [1.807, 2.05) is 4.90 Å². The zero-order valence-electron chi connectivity index (χ0n) is 10.6. The van der Waals surface area contributed by atoms with E-state index < -0.39 is 16.0 Å². The lowest BCUT2D eigenvalue weighted by Gasteiger charge is -2.37. The van der Waals surface area contributed by atoms with E-state index in [-0.39, 0.29) is 12.1 Å². The summed E-state index contributed by atoms with van der Waals surface area (Å²) in [6.45, 7) is 1.83. The van der Waals surface area contributed by atoms with E-state index in [1.165, 1.54) is 10.6 Å². The van der Waals surface area contributed by atoms with Gasteiger partial charge in [-0.25, -0.2) is 12.7 Å². The third-order valence-corrected chi connectivity index (χ3v) is 5.24. The van der Waals surface area contributed by atoms with Crippen molar-refractivity contribution in [2.24, 2.45) is 0 Å². The van der Waals surface area contributed by atoms with Gasteiger partial charge in [0.1, 0.15) is 6.04 Å². The van der Waals surface area contributed by atoms with Gasteiger partial charge in [-0.1, -0.05) is 0 Å². The van der Waals surface area contributed by atoms with Crippen LogP contribution in [0.5, 0.6) is 0 Å². The molecule has 2 aliphatic rings. The van der Waals surface area contributed by atoms with E-state index in [0.717, 1.165) is 25.8 Å². The molecule has 2 aliphatic heterocycles. The van der Waals surface area contributed by atoms with Gasteiger partial charge < -0.3 is 5.11 Å². The fourth-order valence-corrected chi connectivity index (χ4v) is 3.87. The Balaban J connectivity index is 1.95. The number of carboxylic acid groups (broad SMARTS) is 1. The molecule has 1 atom stereocenters. The number of likely N-dealkylation sites (tertiary alicyclic amines) is 1. The van der Waals surface area contributed by atoms with Crippen LogP contribution in [0.1, 0.15) is 25.7 Å². The highest BCUT2D eigenvalue weighted by molar-refractivity contribution is 7.88. The van der Waals surface area contributed by atoms with Crippen LogP contribution < -0.4 is 0 Å². The predicted molar refractivity (Wildman–Crippen MR) is 66.8 cm³/mol. The van der Waals surface area contributed by atoms with Crippen molar-refractivity contribution in [2.45, 2.75) is 37.8 Å². The molecule has 2 saturated heterocycles. The molecule has 0 aromatic carbocycles. The van der Waals surface area contributed by atoms with Crippen LogP contribution in [-0.4, -0.2) is 66.7 Å². The van der Waals surface area contributed by atoms with Gasteiger partial charge in [-0.15, -0.1) is 0 Å². The average Bonchev–Trinajstić information content (AvgIpc) is 2.77. The lowest BCUT2D eigenvalue weighted by atomic mass is 10.0. The maximum atomic E-state index is 11.4. The summed E-state index contributed by atoms with van der Waals surface area (Å²) in [6.07, 6.45) is 4.32. The van der Waals surface area contributed by atoms with Gasteiger partial charge >= 0.3 is 5.97 Å². The first-order valence-corrected chi connectivity index (χ1v) is 8.18. The highest BCUT2D eigenvalue weighted by atomic mass is 32.2. The molecule has 0 amide bonds. The fourth-order valence-electron chi connectivity index (χ4n) is 3.00. The molecule has 0 aromatic rings. The number of carboxylic acids is 1. The maximum absolute atomic E-state index is 11.4. The van der Waals surface area contributed by atoms with Gasteiger partial charge in [-0.05, 0) is 32.2 Å². The van der Waals surface area contributed by atoms with Crippen LogP contribution in [0.25, 0.3) is 0 Å². The van der Waals surface area contributed by atoms with Gasteiger partial charge in [0.15, 0.2) is 0 Å². The number of hydrogen-bond donors (Lipinski definition) is 1. The van der Waals surface area contributed by atoms with Crippen molar-refractivity contribution in [2.75, 3.05) is 25.9 Å². The van der Waals surface area contributed by atoms with E-state index in [4.69, 9.17) is 5.11 Å². The Morgan fingerprint density at radius 3 is 2.28 bits per heavy atom. The summed E-state index contributed by atoms with van der Waals surface area (Å²) in [6, 6.07) is -0.161. The number of nitrogens with zero attached hydrogens (tertiary/aromatic N) is 2. The summed E-state index contributed by atoms with van der Waals surface area (Å²) in [5, 5.41) is 9.15. The van der Waals surface area contributed by atoms with Crippen molar-refractivity contribution in [3.05, 3.63) is 0 Å². The second kappa shape index (κ2) is 5.14. The Morgan fingerprint density at radius 1 is 1.17 bits per heavy atom. The van der Waals surface area contributed by atoms with Gasteiger partial charge in [0.05, 0.1) is 6.26 Å². The Morgan fingerprint density at radius 2 is 1.78 bits per heavy atom. The van der Waals surface area contributed by atoms with Crippen LogP contribution in [-0.2, 0) is 14.8 Å². The SMILES string of the molecule is CS(=O)(=O)N1CCC(N2CCCC2C(=O)O)CC1. The third kappa shape index (κ3) is 2.84. The smallest absolute Gasteiger partial charge is 0.320 e. The standard InChI is InChI=1S/C11H20N2O4S/c1-18(16,17)12-7-4-9(5-8-12)13-6-2-3-10(13)11(14)15/h9-10H,2-8H2,1H3,(H,14,15). The highest BCUT2D eigenvalue weighted by Crippen LogP contribution is 2.26. The molecule has 0 radical (unpaired) electrons. The van der Waals surface area contributed by atoms with Crippen molar-refractivity contribution in [1.82, 2.24) is 9.21 Å². The van der Waals surface area contributed by atoms with Crippen molar-refractivity contribution in [3.63, 3.8) is 0 Å². The van der Waals surface area contributed by atoms with Gasteiger partial charge in [0.2, 0.25) is 10.0 Å². The number of rotatable bonds is 3.